The molecule has 8 heteroatoms. The van der Waals surface area contributed by atoms with Gasteiger partial charge < -0.3 is 0 Å². The number of sulfonamides is 1. The van der Waals surface area contributed by atoms with Crippen LogP contribution < -0.4 is 10.0 Å². The first-order valence-corrected chi connectivity index (χ1v) is 13.4. The highest BCUT2D eigenvalue weighted by atomic mass is 32.2. The number of rotatable bonds is 7. The van der Waals surface area contributed by atoms with E-state index >= 15 is 0 Å². The smallest absolute Gasteiger partial charge is 0.261 e. The third-order valence-corrected chi connectivity index (χ3v) is 7.80. The van der Waals surface area contributed by atoms with Gasteiger partial charge >= 0.3 is 0 Å². The normalized spacial score (nSPS) is 11.1. The molecule has 4 aromatic carbocycles. The number of nitrogens with one attached hydrogen (secondary N) is 2. The van der Waals surface area contributed by atoms with Gasteiger partial charge in [0.25, 0.3) is 15.9 Å². The van der Waals surface area contributed by atoms with Gasteiger partial charge in [-0.15, -0.1) is 0 Å². The molecule has 5 rings (SSSR count). The molecule has 36 heavy (non-hydrogen) atoms. The molecule has 0 aliphatic rings. The Bertz CT molecular complexity index is 1550. The molecule has 1 amide bonds. The Morgan fingerprint density at radius 2 is 1.25 bits per heavy atom. The van der Waals surface area contributed by atoms with Crippen LogP contribution >= 0.6 is 11.3 Å². The second-order valence-corrected chi connectivity index (χ2v) is 10.5. The fourth-order valence-electron chi connectivity index (χ4n) is 3.69. The zero-order valence-electron chi connectivity index (χ0n) is 19.0. The largest absolute Gasteiger partial charge is 0.298 e. The van der Waals surface area contributed by atoms with Gasteiger partial charge in [-0.2, -0.15) is 0 Å². The highest BCUT2D eigenvalue weighted by molar-refractivity contribution is 7.92. The van der Waals surface area contributed by atoms with Gasteiger partial charge in [0.15, 0.2) is 5.13 Å². The molecule has 2 N–H and O–H groups in total. The lowest BCUT2D eigenvalue weighted by Crippen LogP contribution is -2.18. The minimum absolute atomic E-state index is 0.111. The van der Waals surface area contributed by atoms with Crippen molar-refractivity contribution in [2.24, 2.45) is 0 Å². The van der Waals surface area contributed by atoms with E-state index in [1.165, 1.54) is 23.5 Å². The van der Waals surface area contributed by atoms with Crippen LogP contribution in [0.4, 0.5) is 10.8 Å². The number of carbonyl (C=O) groups excluding carboxylic acids is 1. The Hall–Kier alpha value is -4.27. The number of hydrogen-bond donors (Lipinski definition) is 2. The molecule has 0 aliphatic heterocycles. The van der Waals surface area contributed by atoms with Crippen molar-refractivity contribution < 1.29 is 13.2 Å². The van der Waals surface area contributed by atoms with Gasteiger partial charge in [0.1, 0.15) is 0 Å². The molecule has 1 heterocycles. The summed E-state index contributed by atoms with van der Waals surface area (Å²) in [7, 11) is -3.86. The van der Waals surface area contributed by atoms with Crippen molar-refractivity contribution in [2.45, 2.75) is 4.90 Å². The Kier molecular flexibility index (Phi) is 6.62. The van der Waals surface area contributed by atoms with Gasteiger partial charge in [-0.3, -0.25) is 14.8 Å². The third kappa shape index (κ3) is 5.05. The molecule has 0 unspecified atom stereocenters. The molecule has 0 spiro atoms. The summed E-state index contributed by atoms with van der Waals surface area (Å²) in [4.78, 5) is 19.0. The topological polar surface area (TPSA) is 88.2 Å². The molecular formula is C28H21N3O3S2. The number of carbonyl (C=O) groups is 1. The Morgan fingerprint density at radius 1 is 0.694 bits per heavy atom. The maximum Gasteiger partial charge on any atom is 0.261 e. The first kappa shape index (κ1) is 23.5. The molecule has 1 aromatic heterocycles. The molecule has 0 saturated heterocycles. The third-order valence-electron chi connectivity index (χ3n) is 5.40. The van der Waals surface area contributed by atoms with Crippen LogP contribution in [0.5, 0.6) is 0 Å². The van der Waals surface area contributed by atoms with E-state index in [0.29, 0.717) is 5.13 Å². The standard InChI is InChI=1S/C28H21N3O3S2/c32-27(23-18-10-11-19-24(23)31-36(33,34)22-16-8-3-9-17-22)30-28-29-25(20-12-4-1-5-13-20)26(35-28)21-14-6-2-7-15-21/h1-19,31H,(H,29,30,32). The lowest BCUT2D eigenvalue weighted by atomic mass is 10.1. The summed E-state index contributed by atoms with van der Waals surface area (Å²) < 4.78 is 28.2. The Labute approximate surface area is 213 Å². The average molecular weight is 512 g/mol. The van der Waals surface area contributed by atoms with Crippen LogP contribution in [-0.4, -0.2) is 19.3 Å². The van der Waals surface area contributed by atoms with Crippen molar-refractivity contribution in [2.75, 3.05) is 10.0 Å². The molecule has 0 fully saturated rings. The monoisotopic (exact) mass is 511 g/mol. The number of thiazole rings is 1. The second-order valence-electron chi connectivity index (χ2n) is 7.85. The van der Waals surface area contributed by atoms with Crippen molar-refractivity contribution in [3.63, 3.8) is 0 Å². The van der Waals surface area contributed by atoms with Crippen molar-refractivity contribution in [3.8, 4) is 21.7 Å². The van der Waals surface area contributed by atoms with Gasteiger partial charge in [-0.05, 0) is 29.8 Å². The predicted octanol–water partition coefficient (Wildman–Crippen LogP) is 6.53. The van der Waals surface area contributed by atoms with E-state index < -0.39 is 15.9 Å². The Morgan fingerprint density at radius 3 is 1.92 bits per heavy atom. The van der Waals surface area contributed by atoms with E-state index in [-0.39, 0.29) is 16.1 Å². The number of hydrogen-bond acceptors (Lipinski definition) is 5. The zero-order valence-corrected chi connectivity index (χ0v) is 20.6. The summed E-state index contributed by atoms with van der Waals surface area (Å²) in [5, 5.41) is 3.27. The summed E-state index contributed by atoms with van der Waals surface area (Å²) >= 11 is 1.36. The van der Waals surface area contributed by atoms with Gasteiger partial charge in [-0.25, -0.2) is 13.4 Å². The average Bonchev–Trinajstić information content (AvgIpc) is 3.34. The van der Waals surface area contributed by atoms with Gasteiger partial charge in [0.2, 0.25) is 0 Å². The molecule has 0 saturated carbocycles. The molecule has 178 valence electrons. The summed E-state index contributed by atoms with van der Waals surface area (Å²) in [6.45, 7) is 0. The highest BCUT2D eigenvalue weighted by Gasteiger charge is 2.21. The summed E-state index contributed by atoms with van der Waals surface area (Å²) in [6, 6.07) is 34.1. The zero-order chi connectivity index (χ0) is 25.0. The fraction of sp³-hybridized carbons (Fsp3) is 0. The molecule has 0 aliphatic carbocycles. The lowest BCUT2D eigenvalue weighted by molar-refractivity contribution is 0.102. The first-order valence-electron chi connectivity index (χ1n) is 11.1. The lowest BCUT2D eigenvalue weighted by Gasteiger charge is -2.12. The SMILES string of the molecule is O=C(Nc1nc(-c2ccccc2)c(-c2ccccc2)s1)c1ccccc1NS(=O)(=O)c1ccccc1. The number of aromatic nitrogens is 1. The maximum atomic E-state index is 13.3. The van der Waals surface area contributed by atoms with Crippen molar-refractivity contribution in [1.29, 1.82) is 0 Å². The quantitative estimate of drug-likeness (QED) is 0.260. The number of para-hydroxylation sites is 1. The molecule has 0 radical (unpaired) electrons. The maximum absolute atomic E-state index is 13.3. The van der Waals surface area contributed by atoms with E-state index in [1.54, 1.807) is 42.5 Å². The van der Waals surface area contributed by atoms with E-state index in [4.69, 9.17) is 4.98 Å². The number of benzene rings is 4. The van der Waals surface area contributed by atoms with Gasteiger partial charge in [0, 0.05) is 5.56 Å². The van der Waals surface area contributed by atoms with E-state index in [2.05, 4.69) is 10.0 Å². The van der Waals surface area contributed by atoms with E-state index in [9.17, 15) is 13.2 Å². The second kappa shape index (κ2) is 10.2. The van der Waals surface area contributed by atoms with Crippen LogP contribution in [0, 0.1) is 0 Å². The summed E-state index contributed by atoms with van der Waals surface area (Å²) in [5.74, 6) is -0.464. The fourth-order valence-corrected chi connectivity index (χ4v) is 5.78. The van der Waals surface area contributed by atoms with Crippen LogP contribution in [0.2, 0.25) is 0 Å². The minimum atomic E-state index is -3.86. The van der Waals surface area contributed by atoms with Crippen LogP contribution in [-0.2, 0) is 10.0 Å². The van der Waals surface area contributed by atoms with Crippen molar-refractivity contribution in [3.05, 3.63) is 121 Å². The van der Waals surface area contributed by atoms with Crippen LogP contribution in [0.25, 0.3) is 21.7 Å². The number of anilines is 2. The van der Waals surface area contributed by atoms with Crippen molar-refractivity contribution in [1.82, 2.24) is 4.98 Å². The summed E-state index contributed by atoms with van der Waals surface area (Å²) in [5.41, 5.74) is 3.06. The summed E-state index contributed by atoms with van der Waals surface area (Å²) in [6.07, 6.45) is 0. The minimum Gasteiger partial charge on any atom is -0.298 e. The van der Waals surface area contributed by atoms with E-state index in [0.717, 1.165) is 21.7 Å². The molecule has 6 nitrogen and oxygen atoms in total. The molecule has 0 atom stereocenters. The predicted molar refractivity (Wildman–Crippen MR) is 145 cm³/mol. The number of nitrogens with zero attached hydrogens (tertiary/aromatic N) is 1. The first-order chi connectivity index (χ1) is 17.5. The van der Waals surface area contributed by atoms with Crippen molar-refractivity contribution >= 4 is 38.1 Å². The highest BCUT2D eigenvalue weighted by Crippen LogP contribution is 2.39. The van der Waals surface area contributed by atoms with Crippen LogP contribution in [0.15, 0.2) is 120 Å². The number of amides is 1. The van der Waals surface area contributed by atoms with E-state index in [1.807, 2.05) is 60.7 Å². The van der Waals surface area contributed by atoms with Gasteiger partial charge in [-0.1, -0.05) is 102 Å². The van der Waals surface area contributed by atoms with Crippen LogP contribution in [0.1, 0.15) is 10.4 Å². The van der Waals surface area contributed by atoms with Crippen LogP contribution in [0.3, 0.4) is 0 Å². The van der Waals surface area contributed by atoms with Gasteiger partial charge in [0.05, 0.1) is 26.7 Å². The molecule has 0 bridgehead atoms. The Balaban J connectivity index is 1.46. The molecule has 5 aromatic rings. The molecular weight excluding hydrogens is 490 g/mol.